The standard InChI is InChI=1S/C31H28NO4P/c1-3-32(4-2)20-37-33-19-21-11-9-16-26-29(21)31(22-12-5-7-14-24(22)34-26)23-13-6-8-15-25(23)35-27-17-10-18-28(36-37)30(27)31/h5-18H,3-4,19-20H2,1-2H3/t31-,37?/m0/s1. The second kappa shape index (κ2) is 8.88. The van der Waals surface area contributed by atoms with E-state index < -0.39 is 13.8 Å². The Morgan fingerprint density at radius 1 is 0.676 bits per heavy atom. The summed E-state index contributed by atoms with van der Waals surface area (Å²) in [5.74, 6) is 4.12. The third-order valence-corrected chi connectivity index (χ3v) is 9.09. The molecule has 186 valence electrons. The zero-order valence-electron chi connectivity index (χ0n) is 20.9. The molecule has 5 nitrogen and oxygen atoms in total. The number of fused-ring (bicyclic) bond motifs is 2. The Balaban J connectivity index is 1.59. The molecular weight excluding hydrogens is 481 g/mol. The molecule has 7 rings (SSSR count). The fourth-order valence-corrected chi connectivity index (χ4v) is 7.53. The molecule has 37 heavy (non-hydrogen) atoms. The number of hydrogen-bond donors (Lipinski definition) is 0. The van der Waals surface area contributed by atoms with Crippen molar-refractivity contribution < 1.29 is 18.5 Å². The van der Waals surface area contributed by atoms with Gasteiger partial charge >= 0.3 is 0 Å². The minimum absolute atomic E-state index is 0.440. The van der Waals surface area contributed by atoms with Gasteiger partial charge in [-0.05, 0) is 49.0 Å². The van der Waals surface area contributed by atoms with Crippen molar-refractivity contribution >= 4 is 8.38 Å². The quantitative estimate of drug-likeness (QED) is 0.227. The topological polar surface area (TPSA) is 40.2 Å². The van der Waals surface area contributed by atoms with Gasteiger partial charge in [-0.1, -0.05) is 68.4 Å². The van der Waals surface area contributed by atoms with Gasteiger partial charge in [0, 0.05) is 16.7 Å². The first-order chi connectivity index (χ1) is 18.2. The van der Waals surface area contributed by atoms with E-state index in [0.717, 1.165) is 75.9 Å². The van der Waals surface area contributed by atoms with E-state index in [4.69, 9.17) is 18.5 Å². The molecule has 0 aliphatic carbocycles. The highest BCUT2D eigenvalue weighted by molar-refractivity contribution is 7.47. The van der Waals surface area contributed by atoms with Crippen molar-refractivity contribution in [1.29, 1.82) is 0 Å². The van der Waals surface area contributed by atoms with Crippen LogP contribution in [0, 0.1) is 0 Å². The number of hydrogen-bond acceptors (Lipinski definition) is 5. The van der Waals surface area contributed by atoms with Crippen LogP contribution in [0.15, 0.2) is 84.9 Å². The average Bonchev–Trinajstić information content (AvgIpc) is 2.99. The molecule has 1 spiro atoms. The molecule has 0 aromatic heterocycles. The Morgan fingerprint density at radius 2 is 1.24 bits per heavy atom. The molecule has 6 heteroatoms. The second-order valence-corrected chi connectivity index (χ2v) is 10.9. The summed E-state index contributed by atoms with van der Waals surface area (Å²) >= 11 is 0. The lowest BCUT2D eigenvalue weighted by molar-refractivity contribution is 0.272. The van der Waals surface area contributed by atoms with E-state index in [2.05, 4.69) is 79.4 Å². The Labute approximate surface area is 218 Å². The lowest BCUT2D eigenvalue weighted by Gasteiger charge is -2.45. The van der Waals surface area contributed by atoms with Gasteiger partial charge in [-0.3, -0.25) is 4.90 Å². The van der Waals surface area contributed by atoms with Gasteiger partial charge < -0.3 is 18.5 Å². The minimum atomic E-state index is -1.23. The molecule has 4 aromatic carbocycles. The van der Waals surface area contributed by atoms with Gasteiger partial charge in [0.15, 0.2) is 0 Å². The summed E-state index contributed by atoms with van der Waals surface area (Å²) in [5, 5.41) is 0. The summed E-state index contributed by atoms with van der Waals surface area (Å²) < 4.78 is 26.6. The van der Waals surface area contributed by atoms with E-state index >= 15 is 0 Å². The van der Waals surface area contributed by atoms with Gasteiger partial charge in [0.2, 0.25) is 8.38 Å². The van der Waals surface area contributed by atoms with Crippen molar-refractivity contribution in [2.24, 2.45) is 0 Å². The van der Waals surface area contributed by atoms with Crippen LogP contribution >= 0.6 is 8.38 Å². The number of benzene rings is 4. The molecule has 0 fully saturated rings. The van der Waals surface area contributed by atoms with E-state index in [0.29, 0.717) is 6.61 Å². The van der Waals surface area contributed by atoms with Gasteiger partial charge in [-0.25, -0.2) is 0 Å². The van der Waals surface area contributed by atoms with E-state index in [-0.39, 0.29) is 0 Å². The molecule has 3 aliphatic rings. The van der Waals surface area contributed by atoms with E-state index in [9.17, 15) is 0 Å². The number of para-hydroxylation sites is 2. The van der Waals surface area contributed by atoms with Crippen LogP contribution in [0.5, 0.6) is 28.7 Å². The van der Waals surface area contributed by atoms with E-state index in [1.165, 1.54) is 0 Å². The van der Waals surface area contributed by atoms with Crippen molar-refractivity contribution in [3.63, 3.8) is 0 Å². The Hall–Kier alpha value is -3.37. The fraction of sp³-hybridized carbons (Fsp3) is 0.226. The predicted octanol–water partition coefficient (Wildman–Crippen LogP) is 7.80. The number of rotatable bonds is 4. The number of nitrogens with zero attached hydrogens (tertiary/aromatic N) is 1. The molecule has 0 bridgehead atoms. The molecule has 0 amide bonds. The average molecular weight is 510 g/mol. The van der Waals surface area contributed by atoms with Crippen molar-refractivity contribution in [3.05, 3.63) is 113 Å². The summed E-state index contributed by atoms with van der Waals surface area (Å²) in [6.45, 7) is 6.67. The maximum Gasteiger partial charge on any atom is 0.245 e. The molecule has 4 aromatic rings. The van der Waals surface area contributed by atoms with Crippen LogP contribution in [0.4, 0.5) is 0 Å². The third-order valence-electron chi connectivity index (χ3n) is 7.65. The SMILES string of the molecule is CCN(CC)CP1OCc2cccc3c2[C@]2(c4ccccc4O3)c3ccccc3Oc3cccc(c32)O1. The zero-order chi connectivity index (χ0) is 25.0. The maximum atomic E-state index is 6.83. The third kappa shape index (κ3) is 3.35. The van der Waals surface area contributed by atoms with Gasteiger partial charge in [-0.15, -0.1) is 0 Å². The lowest BCUT2D eigenvalue weighted by Crippen LogP contribution is -2.38. The Kier molecular flexibility index (Phi) is 5.47. The van der Waals surface area contributed by atoms with Crippen LogP contribution in [0.25, 0.3) is 0 Å². The first kappa shape index (κ1) is 22.8. The smallest absolute Gasteiger partial charge is 0.245 e. The predicted molar refractivity (Wildman–Crippen MR) is 145 cm³/mol. The van der Waals surface area contributed by atoms with Crippen LogP contribution < -0.4 is 14.0 Å². The molecule has 2 atom stereocenters. The van der Waals surface area contributed by atoms with Gasteiger partial charge in [0.05, 0.1) is 23.9 Å². The molecule has 0 N–H and O–H groups in total. The van der Waals surface area contributed by atoms with Crippen molar-refractivity contribution in [1.82, 2.24) is 4.90 Å². The van der Waals surface area contributed by atoms with Crippen LogP contribution in [0.1, 0.15) is 41.7 Å². The fourth-order valence-electron chi connectivity index (χ4n) is 5.96. The van der Waals surface area contributed by atoms with Crippen molar-refractivity contribution in [3.8, 4) is 28.7 Å². The van der Waals surface area contributed by atoms with Gasteiger partial charge in [0.25, 0.3) is 0 Å². The molecule has 1 unspecified atom stereocenters. The van der Waals surface area contributed by atoms with E-state index in [1.54, 1.807) is 0 Å². The first-order valence-corrected chi connectivity index (χ1v) is 14.2. The molecule has 0 saturated heterocycles. The molecule has 0 saturated carbocycles. The maximum absolute atomic E-state index is 6.83. The molecule has 0 radical (unpaired) electrons. The van der Waals surface area contributed by atoms with Crippen molar-refractivity contribution in [2.75, 3.05) is 19.4 Å². The van der Waals surface area contributed by atoms with Gasteiger partial charge in [0.1, 0.15) is 28.7 Å². The highest BCUT2D eigenvalue weighted by Crippen LogP contribution is 2.65. The molecule has 3 aliphatic heterocycles. The monoisotopic (exact) mass is 509 g/mol. The van der Waals surface area contributed by atoms with Crippen LogP contribution in [0.3, 0.4) is 0 Å². The number of ether oxygens (including phenoxy) is 2. The van der Waals surface area contributed by atoms with Crippen LogP contribution in [-0.2, 0) is 16.5 Å². The summed E-state index contributed by atoms with van der Waals surface area (Å²) in [5.41, 5.74) is 4.70. The first-order valence-electron chi connectivity index (χ1n) is 12.8. The summed E-state index contributed by atoms with van der Waals surface area (Å²) in [6.07, 6.45) is 0.735. The molecule has 3 heterocycles. The van der Waals surface area contributed by atoms with E-state index in [1.807, 2.05) is 24.3 Å². The lowest BCUT2D eigenvalue weighted by atomic mass is 9.61. The van der Waals surface area contributed by atoms with Gasteiger partial charge in [-0.2, -0.15) is 0 Å². The van der Waals surface area contributed by atoms with Crippen LogP contribution in [-0.4, -0.2) is 24.3 Å². The summed E-state index contributed by atoms with van der Waals surface area (Å²) in [4.78, 5) is 2.35. The largest absolute Gasteiger partial charge is 0.457 e. The second-order valence-electron chi connectivity index (χ2n) is 9.51. The Bertz CT molecular complexity index is 1460. The summed E-state index contributed by atoms with van der Waals surface area (Å²) in [6, 6.07) is 29.1. The summed E-state index contributed by atoms with van der Waals surface area (Å²) in [7, 11) is -1.23. The highest BCUT2D eigenvalue weighted by atomic mass is 31.2. The normalized spacial score (nSPS) is 20.5. The minimum Gasteiger partial charge on any atom is -0.457 e. The van der Waals surface area contributed by atoms with Crippen molar-refractivity contribution in [2.45, 2.75) is 25.9 Å². The zero-order valence-corrected chi connectivity index (χ0v) is 21.8. The van der Waals surface area contributed by atoms with Crippen LogP contribution in [0.2, 0.25) is 0 Å². The Morgan fingerprint density at radius 3 is 1.92 bits per heavy atom. The molecular formula is C31H28NO4P. The highest BCUT2D eigenvalue weighted by Gasteiger charge is 2.53.